The van der Waals surface area contributed by atoms with Crippen LogP contribution in [0.5, 0.6) is 10.9 Å². The Balaban J connectivity index is 1.89. The van der Waals surface area contributed by atoms with E-state index in [0.717, 1.165) is 34.4 Å². The van der Waals surface area contributed by atoms with E-state index in [2.05, 4.69) is 25.6 Å². The summed E-state index contributed by atoms with van der Waals surface area (Å²) in [5.41, 5.74) is 0.904. The number of nitrogens with one attached hydrogen (secondary N) is 1. The summed E-state index contributed by atoms with van der Waals surface area (Å²) in [6, 6.07) is 5.66. The fourth-order valence-electron chi connectivity index (χ4n) is 2.45. The summed E-state index contributed by atoms with van der Waals surface area (Å²) in [6.45, 7) is 0. The van der Waals surface area contributed by atoms with Crippen LogP contribution in [0.4, 0.5) is 0 Å². The number of carbonyl (C=O) groups excluding carboxylic acids is 1. The minimum atomic E-state index is -0.400. The molecule has 1 fully saturated rings. The van der Waals surface area contributed by atoms with Crippen molar-refractivity contribution in [1.82, 2.24) is 9.69 Å². The third-order valence-electron chi connectivity index (χ3n) is 3.75. The highest BCUT2D eigenvalue weighted by molar-refractivity contribution is 9.10. The molecule has 3 rings (SSSR count). The first-order valence-electron chi connectivity index (χ1n) is 6.86. The third-order valence-corrected chi connectivity index (χ3v) is 5.22. The molecule has 1 aliphatic carbocycles. The lowest BCUT2D eigenvalue weighted by Crippen LogP contribution is -2.35. The molecule has 1 aromatic heterocycles. The normalized spacial score (nSPS) is 15.1. The number of carbonyl (C=O) groups is 1. The van der Waals surface area contributed by atoms with Gasteiger partial charge in [0.1, 0.15) is 0 Å². The molecule has 0 radical (unpaired) electrons. The molecule has 1 N–H and O–H groups in total. The SMILES string of the molecule is COc1nsc(OC)c1C(=O)NC1(c2cc(Cl)cc(Br)c2)CC1. The number of amides is 1. The van der Waals surface area contributed by atoms with Gasteiger partial charge in [0, 0.05) is 21.0 Å². The first kappa shape index (κ1) is 16.5. The van der Waals surface area contributed by atoms with Crippen molar-refractivity contribution in [1.29, 1.82) is 0 Å². The summed E-state index contributed by atoms with van der Waals surface area (Å²) in [5.74, 6) is 0.00785. The van der Waals surface area contributed by atoms with Crippen LogP contribution < -0.4 is 14.8 Å². The van der Waals surface area contributed by atoms with E-state index in [4.69, 9.17) is 21.1 Å². The van der Waals surface area contributed by atoms with Gasteiger partial charge < -0.3 is 14.8 Å². The summed E-state index contributed by atoms with van der Waals surface area (Å²) in [4.78, 5) is 12.7. The molecule has 0 aliphatic heterocycles. The number of nitrogens with zero attached hydrogens (tertiary/aromatic N) is 1. The van der Waals surface area contributed by atoms with Gasteiger partial charge in [-0.3, -0.25) is 4.79 Å². The highest BCUT2D eigenvalue weighted by Crippen LogP contribution is 2.47. The molecule has 5 nitrogen and oxygen atoms in total. The maximum absolute atomic E-state index is 12.7. The monoisotopic (exact) mass is 416 g/mol. The van der Waals surface area contributed by atoms with Crippen molar-refractivity contribution in [3.63, 3.8) is 0 Å². The Labute approximate surface area is 151 Å². The van der Waals surface area contributed by atoms with Gasteiger partial charge in [0.05, 0.1) is 19.8 Å². The third kappa shape index (κ3) is 3.18. The van der Waals surface area contributed by atoms with Crippen LogP contribution in [0.25, 0.3) is 0 Å². The second-order valence-corrected chi connectivity index (χ2v) is 7.34. The highest BCUT2D eigenvalue weighted by atomic mass is 79.9. The van der Waals surface area contributed by atoms with Gasteiger partial charge in [-0.15, -0.1) is 0 Å². The Morgan fingerprint density at radius 2 is 2.09 bits per heavy atom. The van der Waals surface area contributed by atoms with E-state index < -0.39 is 5.54 Å². The molecule has 1 aromatic carbocycles. The molecule has 1 amide bonds. The van der Waals surface area contributed by atoms with E-state index in [1.54, 1.807) is 0 Å². The first-order chi connectivity index (χ1) is 11.0. The Hall–Kier alpha value is -1.31. The van der Waals surface area contributed by atoms with E-state index in [9.17, 15) is 4.79 Å². The zero-order valence-electron chi connectivity index (χ0n) is 12.5. The average Bonchev–Trinajstić information content (AvgIpc) is 3.16. The predicted octanol–water partition coefficient (Wildman–Crippen LogP) is 4.00. The van der Waals surface area contributed by atoms with Crippen molar-refractivity contribution in [2.45, 2.75) is 18.4 Å². The van der Waals surface area contributed by atoms with E-state index in [0.29, 0.717) is 15.6 Å². The van der Waals surface area contributed by atoms with Gasteiger partial charge in [0.2, 0.25) is 10.9 Å². The lowest BCUT2D eigenvalue weighted by molar-refractivity contribution is 0.0925. The maximum atomic E-state index is 12.7. The van der Waals surface area contributed by atoms with E-state index in [1.165, 1.54) is 14.2 Å². The van der Waals surface area contributed by atoms with Gasteiger partial charge in [-0.05, 0) is 36.6 Å². The lowest BCUT2D eigenvalue weighted by Gasteiger charge is -2.19. The molecule has 1 saturated carbocycles. The number of hydrogen-bond donors (Lipinski definition) is 1. The smallest absolute Gasteiger partial charge is 0.262 e. The molecule has 0 saturated heterocycles. The number of aromatic nitrogens is 1. The van der Waals surface area contributed by atoms with Gasteiger partial charge in [-0.2, -0.15) is 4.37 Å². The number of rotatable bonds is 5. The van der Waals surface area contributed by atoms with Gasteiger partial charge in [-0.1, -0.05) is 27.5 Å². The Morgan fingerprint density at radius 1 is 1.35 bits per heavy atom. The van der Waals surface area contributed by atoms with Crippen LogP contribution in [-0.4, -0.2) is 24.5 Å². The minimum Gasteiger partial charge on any atom is -0.485 e. The van der Waals surface area contributed by atoms with Crippen LogP contribution in [-0.2, 0) is 5.54 Å². The molecule has 0 bridgehead atoms. The molecule has 1 aliphatic rings. The molecular formula is C15H14BrClN2O3S. The number of ether oxygens (including phenoxy) is 2. The van der Waals surface area contributed by atoms with E-state index in [-0.39, 0.29) is 11.8 Å². The summed E-state index contributed by atoms with van der Waals surface area (Å²) in [6.07, 6.45) is 1.71. The molecule has 0 spiro atoms. The minimum absolute atomic E-state index is 0.263. The zero-order valence-corrected chi connectivity index (χ0v) is 15.6. The molecule has 0 atom stereocenters. The summed E-state index contributed by atoms with van der Waals surface area (Å²) < 4.78 is 15.3. The number of hydrogen-bond acceptors (Lipinski definition) is 5. The fourth-order valence-corrected chi connectivity index (χ4v) is 3.99. The summed E-state index contributed by atoms with van der Waals surface area (Å²) in [7, 11) is 2.98. The summed E-state index contributed by atoms with van der Waals surface area (Å²) >= 11 is 10.7. The molecule has 23 heavy (non-hydrogen) atoms. The molecule has 8 heteroatoms. The van der Waals surface area contributed by atoms with Crippen molar-refractivity contribution in [3.05, 3.63) is 38.8 Å². The molecule has 2 aromatic rings. The van der Waals surface area contributed by atoms with Crippen molar-refractivity contribution in [2.24, 2.45) is 0 Å². The topological polar surface area (TPSA) is 60.5 Å². The Morgan fingerprint density at radius 3 is 2.65 bits per heavy atom. The van der Waals surface area contributed by atoms with Crippen LogP contribution in [0.3, 0.4) is 0 Å². The average molecular weight is 418 g/mol. The first-order valence-corrected chi connectivity index (χ1v) is 8.80. The maximum Gasteiger partial charge on any atom is 0.262 e. The van der Waals surface area contributed by atoms with Crippen molar-refractivity contribution in [2.75, 3.05) is 14.2 Å². The molecule has 0 unspecified atom stereocenters. The second kappa shape index (κ2) is 6.30. The van der Waals surface area contributed by atoms with Gasteiger partial charge in [0.15, 0.2) is 5.56 Å². The fraction of sp³-hybridized carbons (Fsp3) is 0.333. The Bertz CT molecular complexity index is 719. The van der Waals surface area contributed by atoms with Crippen LogP contribution in [0.1, 0.15) is 28.8 Å². The van der Waals surface area contributed by atoms with Crippen LogP contribution in [0.15, 0.2) is 22.7 Å². The van der Waals surface area contributed by atoms with Crippen LogP contribution in [0.2, 0.25) is 5.02 Å². The van der Waals surface area contributed by atoms with Crippen LogP contribution >= 0.6 is 39.1 Å². The standard InChI is InChI=1S/C15H14BrClN2O3S/c1-21-13-11(14(22-2)23-19-13)12(20)18-15(3-4-15)8-5-9(16)7-10(17)6-8/h5-7H,3-4H2,1-2H3,(H,18,20). The number of benzene rings is 1. The highest BCUT2D eigenvalue weighted by Gasteiger charge is 2.47. The zero-order chi connectivity index (χ0) is 16.6. The largest absolute Gasteiger partial charge is 0.485 e. The van der Waals surface area contributed by atoms with Crippen molar-refractivity contribution in [3.8, 4) is 10.9 Å². The van der Waals surface area contributed by atoms with Gasteiger partial charge in [0.25, 0.3) is 5.91 Å². The van der Waals surface area contributed by atoms with E-state index in [1.807, 2.05) is 18.2 Å². The molecule has 122 valence electrons. The van der Waals surface area contributed by atoms with Gasteiger partial charge in [-0.25, -0.2) is 0 Å². The van der Waals surface area contributed by atoms with E-state index >= 15 is 0 Å². The van der Waals surface area contributed by atoms with Gasteiger partial charge >= 0.3 is 0 Å². The predicted molar refractivity (Wildman–Crippen MR) is 92.7 cm³/mol. The second-order valence-electron chi connectivity index (χ2n) is 5.25. The lowest BCUT2D eigenvalue weighted by atomic mass is 10.0. The molecule has 1 heterocycles. The number of methoxy groups -OCH3 is 2. The summed E-state index contributed by atoms with van der Waals surface area (Å²) in [5, 5.41) is 4.14. The van der Waals surface area contributed by atoms with Crippen molar-refractivity contribution >= 4 is 45.0 Å². The number of halogens is 2. The quantitative estimate of drug-likeness (QED) is 0.799. The van der Waals surface area contributed by atoms with Crippen molar-refractivity contribution < 1.29 is 14.3 Å². The Kier molecular flexibility index (Phi) is 4.53. The molecular weight excluding hydrogens is 404 g/mol. The van der Waals surface area contributed by atoms with Crippen LogP contribution in [0, 0.1) is 0 Å².